The molecule has 1 aromatic carbocycles. The van der Waals surface area contributed by atoms with Crippen LogP contribution in [-0.4, -0.2) is 72.8 Å². The van der Waals surface area contributed by atoms with Crippen LogP contribution in [-0.2, 0) is 11.2 Å². The fraction of sp³-hybridized carbons (Fsp3) is 0.409. The van der Waals surface area contributed by atoms with Crippen LogP contribution >= 0.6 is 0 Å². The molecule has 2 aromatic heterocycles. The van der Waals surface area contributed by atoms with Gasteiger partial charge in [0.15, 0.2) is 18.3 Å². The van der Waals surface area contributed by atoms with Crippen molar-refractivity contribution in [1.29, 1.82) is 0 Å². The summed E-state index contributed by atoms with van der Waals surface area (Å²) in [6, 6.07) is 5.94. The first-order chi connectivity index (χ1) is 15.3. The molecule has 0 bridgehead atoms. The number of aromatic amines is 1. The van der Waals surface area contributed by atoms with Crippen molar-refractivity contribution in [2.45, 2.75) is 12.8 Å². The highest BCUT2D eigenvalue weighted by Crippen LogP contribution is 2.26. The lowest BCUT2D eigenvalue weighted by Crippen LogP contribution is -2.47. The van der Waals surface area contributed by atoms with E-state index >= 15 is 0 Å². The van der Waals surface area contributed by atoms with Crippen LogP contribution in [0.5, 0.6) is 11.5 Å². The molecule has 164 valence electrons. The number of H-pyrrole nitrogens is 1. The van der Waals surface area contributed by atoms with Crippen LogP contribution < -0.4 is 19.7 Å². The molecule has 0 aliphatic carbocycles. The predicted molar refractivity (Wildman–Crippen MR) is 119 cm³/mol. The largest absolute Gasteiger partial charge is 0.491 e. The molecule has 1 saturated heterocycles. The van der Waals surface area contributed by atoms with E-state index in [-0.39, 0.29) is 6.73 Å². The topological polar surface area (TPSA) is 95.6 Å². The van der Waals surface area contributed by atoms with Crippen molar-refractivity contribution >= 4 is 23.1 Å². The number of fused-ring (bicyclic) bond motifs is 1. The van der Waals surface area contributed by atoms with Gasteiger partial charge in [-0.25, -0.2) is 9.97 Å². The van der Waals surface area contributed by atoms with Gasteiger partial charge in [0, 0.05) is 43.3 Å². The van der Waals surface area contributed by atoms with Crippen molar-refractivity contribution in [3.8, 4) is 11.5 Å². The number of carbonyl (C=O) groups is 1. The second-order valence-corrected chi connectivity index (χ2v) is 7.48. The van der Waals surface area contributed by atoms with Crippen LogP contribution in [0.2, 0.25) is 0 Å². The molecule has 3 aromatic rings. The fourth-order valence-electron chi connectivity index (χ4n) is 3.98. The van der Waals surface area contributed by atoms with Gasteiger partial charge in [0.1, 0.15) is 12.1 Å². The molecule has 1 aliphatic rings. The van der Waals surface area contributed by atoms with Crippen LogP contribution in [0.15, 0.2) is 36.9 Å². The number of piperazine rings is 1. The van der Waals surface area contributed by atoms with Gasteiger partial charge in [0.05, 0.1) is 13.3 Å². The van der Waals surface area contributed by atoms with Gasteiger partial charge in [0.2, 0.25) is 6.41 Å². The van der Waals surface area contributed by atoms with Crippen LogP contribution in [0.3, 0.4) is 0 Å². The summed E-state index contributed by atoms with van der Waals surface area (Å²) in [7, 11) is 1.65. The summed E-state index contributed by atoms with van der Waals surface area (Å²) >= 11 is 0. The van der Waals surface area contributed by atoms with Crippen molar-refractivity contribution in [2.75, 3.05) is 51.5 Å². The second kappa shape index (κ2) is 10.1. The Balaban J connectivity index is 1.27. The van der Waals surface area contributed by atoms with Gasteiger partial charge in [-0.1, -0.05) is 0 Å². The minimum atomic E-state index is 0.168. The van der Waals surface area contributed by atoms with E-state index in [1.165, 1.54) is 10.9 Å². The quantitative estimate of drug-likeness (QED) is 0.291. The third-order valence-corrected chi connectivity index (χ3v) is 5.62. The maximum absolute atomic E-state index is 10.4. The van der Waals surface area contributed by atoms with Crippen LogP contribution in [0.1, 0.15) is 12.0 Å². The third-order valence-electron chi connectivity index (χ3n) is 5.62. The average Bonchev–Trinajstić information content (AvgIpc) is 3.22. The number of ether oxygens (including phenoxy) is 2. The lowest BCUT2D eigenvalue weighted by atomic mass is 10.1. The molecule has 1 aliphatic heterocycles. The monoisotopic (exact) mass is 424 g/mol. The molecule has 9 heteroatoms. The summed E-state index contributed by atoms with van der Waals surface area (Å²) < 4.78 is 10.9. The van der Waals surface area contributed by atoms with Crippen molar-refractivity contribution in [1.82, 2.24) is 25.2 Å². The zero-order valence-electron chi connectivity index (χ0n) is 17.7. The number of nitrogens with one attached hydrogen (secondary N) is 2. The number of aromatic nitrogens is 3. The van der Waals surface area contributed by atoms with E-state index in [1.807, 2.05) is 18.2 Å². The lowest BCUT2D eigenvalue weighted by molar-refractivity contribution is -0.110. The molecule has 0 atom stereocenters. The van der Waals surface area contributed by atoms with Gasteiger partial charge in [0.25, 0.3) is 0 Å². The number of amides is 1. The first-order valence-electron chi connectivity index (χ1n) is 10.5. The molecule has 0 unspecified atom stereocenters. The smallest absolute Gasteiger partial charge is 0.209 e. The van der Waals surface area contributed by atoms with Gasteiger partial charge in [-0.3, -0.25) is 9.69 Å². The van der Waals surface area contributed by atoms with Crippen molar-refractivity contribution in [2.24, 2.45) is 0 Å². The summed E-state index contributed by atoms with van der Waals surface area (Å²) in [5, 5.41) is 3.68. The molecule has 3 heterocycles. The molecule has 0 saturated carbocycles. The van der Waals surface area contributed by atoms with Crippen molar-refractivity contribution in [3.05, 3.63) is 42.5 Å². The van der Waals surface area contributed by atoms with Gasteiger partial charge < -0.3 is 24.7 Å². The predicted octanol–water partition coefficient (Wildman–Crippen LogP) is 1.80. The Morgan fingerprint density at radius 1 is 1.26 bits per heavy atom. The van der Waals surface area contributed by atoms with Crippen LogP contribution in [0, 0.1) is 0 Å². The number of carbonyl (C=O) groups excluding carboxylic acids is 1. The number of hydrogen-bond acceptors (Lipinski definition) is 7. The average molecular weight is 425 g/mol. The molecular formula is C22H28N6O3. The number of nitrogens with zero attached hydrogens (tertiary/aromatic N) is 4. The Hall–Kier alpha value is -3.33. The fourth-order valence-corrected chi connectivity index (χ4v) is 3.98. The molecule has 0 spiro atoms. The SMILES string of the molecule is COc1cncnc1N1CCN(CCCc2c[nH]c3ccc(OCNC=O)cc23)CC1. The highest BCUT2D eigenvalue weighted by Gasteiger charge is 2.20. The van der Waals surface area contributed by atoms with E-state index in [4.69, 9.17) is 9.47 Å². The highest BCUT2D eigenvalue weighted by molar-refractivity contribution is 5.84. The molecule has 4 rings (SSSR count). The van der Waals surface area contributed by atoms with E-state index in [2.05, 4.69) is 36.3 Å². The Labute approximate surface area is 181 Å². The van der Waals surface area contributed by atoms with Gasteiger partial charge in [-0.05, 0) is 43.1 Å². The molecule has 31 heavy (non-hydrogen) atoms. The number of rotatable bonds is 10. The van der Waals surface area contributed by atoms with Crippen LogP contribution in [0.25, 0.3) is 10.9 Å². The van der Waals surface area contributed by atoms with E-state index in [0.717, 1.165) is 68.4 Å². The molecular weight excluding hydrogens is 396 g/mol. The summed E-state index contributed by atoms with van der Waals surface area (Å²) in [6.07, 6.45) is 8.07. The van der Waals surface area contributed by atoms with Crippen molar-refractivity contribution < 1.29 is 14.3 Å². The Bertz CT molecular complexity index is 1000. The minimum Gasteiger partial charge on any atom is -0.491 e. The minimum absolute atomic E-state index is 0.168. The molecule has 1 fully saturated rings. The number of benzene rings is 1. The molecule has 9 nitrogen and oxygen atoms in total. The summed E-state index contributed by atoms with van der Waals surface area (Å²) in [5.41, 5.74) is 2.38. The number of anilines is 1. The number of aryl methyl sites for hydroxylation is 1. The number of methoxy groups -OCH3 is 1. The van der Waals surface area contributed by atoms with E-state index in [9.17, 15) is 4.79 Å². The highest BCUT2D eigenvalue weighted by atomic mass is 16.5. The maximum atomic E-state index is 10.4. The zero-order chi connectivity index (χ0) is 21.5. The molecule has 0 radical (unpaired) electrons. The molecule has 1 amide bonds. The Morgan fingerprint density at radius 2 is 2.13 bits per heavy atom. The van der Waals surface area contributed by atoms with E-state index in [0.29, 0.717) is 6.41 Å². The van der Waals surface area contributed by atoms with Gasteiger partial charge in [-0.2, -0.15) is 0 Å². The molecule has 2 N–H and O–H groups in total. The number of hydrogen-bond donors (Lipinski definition) is 2. The van der Waals surface area contributed by atoms with Crippen LogP contribution in [0.4, 0.5) is 5.82 Å². The second-order valence-electron chi connectivity index (χ2n) is 7.48. The Morgan fingerprint density at radius 3 is 2.94 bits per heavy atom. The third kappa shape index (κ3) is 5.05. The van der Waals surface area contributed by atoms with E-state index < -0.39 is 0 Å². The maximum Gasteiger partial charge on any atom is 0.209 e. The standard InChI is InChI=1S/C22H28N6O3/c1-30-21-13-23-14-26-22(21)28-9-7-27(8-10-28)6-2-3-17-12-25-20-5-4-18(11-19(17)20)31-16-24-15-29/h4-5,11-15,25H,2-3,6-10,16H2,1H3,(H,24,29). The van der Waals surface area contributed by atoms with Crippen molar-refractivity contribution in [3.63, 3.8) is 0 Å². The van der Waals surface area contributed by atoms with Gasteiger partial charge >= 0.3 is 0 Å². The summed E-state index contributed by atoms with van der Waals surface area (Å²) in [6.45, 7) is 5.08. The zero-order valence-corrected chi connectivity index (χ0v) is 17.7. The summed E-state index contributed by atoms with van der Waals surface area (Å²) in [5.74, 6) is 2.34. The van der Waals surface area contributed by atoms with Gasteiger partial charge in [-0.15, -0.1) is 0 Å². The first-order valence-corrected chi connectivity index (χ1v) is 10.5. The Kier molecular flexibility index (Phi) is 6.83. The first kappa shape index (κ1) is 20.9. The summed E-state index contributed by atoms with van der Waals surface area (Å²) in [4.78, 5) is 26.9. The lowest BCUT2D eigenvalue weighted by Gasteiger charge is -2.35. The normalized spacial score (nSPS) is 14.5. The van der Waals surface area contributed by atoms with E-state index in [1.54, 1.807) is 19.6 Å².